The molecule has 1 aromatic carbocycles. The summed E-state index contributed by atoms with van der Waals surface area (Å²) in [6, 6.07) is 6.58. The molecule has 1 amide bonds. The van der Waals surface area contributed by atoms with E-state index in [0.29, 0.717) is 6.54 Å². The molecule has 0 radical (unpaired) electrons. The number of benzene rings is 1. The van der Waals surface area contributed by atoms with Gasteiger partial charge in [-0.2, -0.15) is 0 Å². The minimum atomic E-state index is -0.276. The normalized spacial score (nSPS) is 28.8. The average Bonchev–Trinajstić information content (AvgIpc) is 2.95. The highest BCUT2D eigenvalue weighted by atomic mass is 16.6. The first-order valence-electron chi connectivity index (χ1n) is 8.93. The van der Waals surface area contributed by atoms with Gasteiger partial charge in [0.2, 0.25) is 0 Å². The zero-order valence-corrected chi connectivity index (χ0v) is 14.6. The molecule has 0 aromatic heterocycles. The van der Waals surface area contributed by atoms with Crippen molar-refractivity contribution in [1.29, 1.82) is 0 Å². The Morgan fingerprint density at radius 3 is 2.88 bits per heavy atom. The summed E-state index contributed by atoms with van der Waals surface area (Å²) >= 11 is 0. The Labute approximate surface area is 143 Å². The summed E-state index contributed by atoms with van der Waals surface area (Å²) < 4.78 is 11.5. The summed E-state index contributed by atoms with van der Waals surface area (Å²) in [6.07, 6.45) is 3.64. The van der Waals surface area contributed by atoms with Crippen LogP contribution in [0.4, 0.5) is 4.79 Å². The number of hydrogen-bond donors (Lipinski definition) is 1. The molecule has 3 heterocycles. The van der Waals surface area contributed by atoms with Crippen molar-refractivity contribution in [1.82, 2.24) is 10.2 Å². The van der Waals surface area contributed by atoms with Crippen LogP contribution in [-0.2, 0) is 17.7 Å². The quantitative estimate of drug-likeness (QED) is 0.906. The molecule has 130 valence electrons. The lowest BCUT2D eigenvalue weighted by molar-refractivity contribution is 0.0443. The molecule has 0 saturated carbocycles. The second-order valence-corrected chi connectivity index (χ2v) is 8.04. The maximum atomic E-state index is 11.4. The molecule has 1 atom stereocenters. The zero-order valence-electron chi connectivity index (χ0n) is 14.6. The third-order valence-electron chi connectivity index (χ3n) is 5.39. The third kappa shape index (κ3) is 3.09. The van der Waals surface area contributed by atoms with E-state index < -0.39 is 0 Å². The number of nitrogens with zero attached hydrogens (tertiary/aromatic N) is 1. The van der Waals surface area contributed by atoms with Crippen LogP contribution in [0.15, 0.2) is 18.2 Å². The van der Waals surface area contributed by atoms with Crippen molar-refractivity contribution in [2.75, 3.05) is 19.6 Å². The van der Waals surface area contributed by atoms with E-state index in [1.165, 1.54) is 11.1 Å². The van der Waals surface area contributed by atoms with Crippen LogP contribution in [0.5, 0.6) is 5.75 Å². The molecule has 1 spiro atoms. The van der Waals surface area contributed by atoms with Crippen LogP contribution in [-0.4, -0.2) is 41.8 Å². The zero-order chi connectivity index (χ0) is 16.8. The predicted molar refractivity (Wildman–Crippen MR) is 91.2 cm³/mol. The number of fused-ring (bicyclic) bond motifs is 1. The highest BCUT2D eigenvalue weighted by Crippen LogP contribution is 2.36. The summed E-state index contributed by atoms with van der Waals surface area (Å²) in [6.45, 7) is 7.90. The number of rotatable bonds is 2. The molecule has 24 heavy (non-hydrogen) atoms. The Morgan fingerprint density at radius 1 is 1.21 bits per heavy atom. The van der Waals surface area contributed by atoms with Gasteiger partial charge in [0.05, 0.1) is 6.54 Å². The molecular weight excluding hydrogens is 304 g/mol. The fourth-order valence-electron chi connectivity index (χ4n) is 4.18. The van der Waals surface area contributed by atoms with E-state index in [4.69, 9.17) is 9.47 Å². The second kappa shape index (κ2) is 5.66. The van der Waals surface area contributed by atoms with Gasteiger partial charge in [-0.25, -0.2) is 4.79 Å². The van der Waals surface area contributed by atoms with E-state index in [0.717, 1.165) is 51.1 Å². The van der Waals surface area contributed by atoms with Crippen molar-refractivity contribution in [3.63, 3.8) is 0 Å². The van der Waals surface area contributed by atoms with Gasteiger partial charge in [-0.3, -0.25) is 4.90 Å². The Morgan fingerprint density at radius 2 is 2.08 bits per heavy atom. The number of nitrogens with one attached hydrogen (secondary N) is 1. The maximum absolute atomic E-state index is 11.4. The van der Waals surface area contributed by atoms with Crippen molar-refractivity contribution in [3.05, 3.63) is 29.3 Å². The van der Waals surface area contributed by atoms with E-state index in [9.17, 15) is 4.79 Å². The Bertz CT molecular complexity index is 658. The van der Waals surface area contributed by atoms with Crippen molar-refractivity contribution in [2.24, 2.45) is 0 Å². The number of alkyl carbamates (subject to hydrolysis) is 1. The SMILES string of the molecule is CC1(C)Cc2cc(CN3CCC[C@]4(CC3)CNC(=O)O4)ccc2O1. The topological polar surface area (TPSA) is 50.8 Å². The minimum absolute atomic E-state index is 0.0880. The van der Waals surface area contributed by atoms with Crippen molar-refractivity contribution >= 4 is 6.09 Å². The smallest absolute Gasteiger partial charge is 0.407 e. The second-order valence-electron chi connectivity index (χ2n) is 8.04. The van der Waals surface area contributed by atoms with E-state index in [-0.39, 0.29) is 17.3 Å². The Kier molecular flexibility index (Phi) is 3.71. The van der Waals surface area contributed by atoms with Gasteiger partial charge in [0.15, 0.2) is 0 Å². The van der Waals surface area contributed by atoms with Gasteiger partial charge in [0.25, 0.3) is 0 Å². The standard InChI is InChI=1S/C19H26N2O3/c1-18(2)11-15-10-14(4-5-16(15)23-18)12-21-8-3-6-19(7-9-21)13-20-17(22)24-19/h4-5,10H,3,6-9,11-13H2,1-2H3,(H,20,22)/t19-/m0/s1. The van der Waals surface area contributed by atoms with Crippen LogP contribution in [0.3, 0.4) is 0 Å². The van der Waals surface area contributed by atoms with Gasteiger partial charge in [0.1, 0.15) is 17.0 Å². The molecule has 0 unspecified atom stereocenters. The molecule has 2 saturated heterocycles. The molecule has 3 aliphatic rings. The summed E-state index contributed by atoms with van der Waals surface area (Å²) in [5.41, 5.74) is 2.29. The van der Waals surface area contributed by atoms with Gasteiger partial charge in [-0.15, -0.1) is 0 Å². The van der Waals surface area contributed by atoms with Gasteiger partial charge in [0, 0.05) is 25.9 Å². The van der Waals surface area contributed by atoms with Gasteiger partial charge in [-0.1, -0.05) is 12.1 Å². The first kappa shape index (κ1) is 15.8. The molecular formula is C19H26N2O3. The fourth-order valence-corrected chi connectivity index (χ4v) is 4.18. The molecule has 1 N–H and O–H groups in total. The van der Waals surface area contributed by atoms with Crippen LogP contribution in [0.1, 0.15) is 44.2 Å². The molecule has 1 aromatic rings. The number of ether oxygens (including phenoxy) is 2. The summed E-state index contributed by atoms with van der Waals surface area (Å²) in [4.78, 5) is 13.9. The first-order valence-corrected chi connectivity index (χ1v) is 8.93. The van der Waals surface area contributed by atoms with Crippen LogP contribution in [0.25, 0.3) is 0 Å². The Balaban J connectivity index is 1.41. The largest absolute Gasteiger partial charge is 0.487 e. The fraction of sp³-hybridized carbons (Fsp3) is 0.632. The summed E-state index contributed by atoms with van der Waals surface area (Å²) in [5.74, 6) is 1.03. The van der Waals surface area contributed by atoms with E-state index in [1.807, 2.05) is 0 Å². The van der Waals surface area contributed by atoms with Crippen LogP contribution < -0.4 is 10.1 Å². The van der Waals surface area contributed by atoms with Crippen molar-refractivity contribution in [3.8, 4) is 5.75 Å². The number of carbonyl (C=O) groups excluding carboxylic acids is 1. The molecule has 5 nitrogen and oxygen atoms in total. The summed E-state index contributed by atoms with van der Waals surface area (Å²) in [5, 5.41) is 2.81. The maximum Gasteiger partial charge on any atom is 0.407 e. The van der Waals surface area contributed by atoms with Crippen LogP contribution in [0.2, 0.25) is 0 Å². The van der Waals surface area contributed by atoms with Gasteiger partial charge < -0.3 is 14.8 Å². The molecule has 5 heteroatoms. The van der Waals surface area contributed by atoms with Crippen LogP contribution >= 0.6 is 0 Å². The van der Waals surface area contributed by atoms with Crippen LogP contribution in [0, 0.1) is 0 Å². The molecule has 2 fully saturated rings. The van der Waals surface area contributed by atoms with E-state index in [1.54, 1.807) is 0 Å². The number of carbonyl (C=O) groups is 1. The average molecular weight is 330 g/mol. The molecule has 0 bridgehead atoms. The Hall–Kier alpha value is -1.75. The number of hydrogen-bond acceptors (Lipinski definition) is 4. The lowest BCUT2D eigenvalue weighted by Crippen LogP contribution is -2.34. The van der Waals surface area contributed by atoms with Gasteiger partial charge in [-0.05, 0) is 50.4 Å². The van der Waals surface area contributed by atoms with E-state index in [2.05, 4.69) is 42.3 Å². The highest BCUT2D eigenvalue weighted by molar-refractivity contribution is 5.70. The number of amides is 1. The van der Waals surface area contributed by atoms with Crippen molar-refractivity contribution in [2.45, 2.75) is 57.3 Å². The lowest BCUT2D eigenvalue weighted by Gasteiger charge is -2.25. The van der Waals surface area contributed by atoms with Crippen molar-refractivity contribution < 1.29 is 14.3 Å². The van der Waals surface area contributed by atoms with E-state index >= 15 is 0 Å². The predicted octanol–water partition coefficient (Wildman–Crippen LogP) is 2.86. The number of likely N-dealkylation sites (tertiary alicyclic amines) is 1. The third-order valence-corrected chi connectivity index (χ3v) is 5.39. The first-order chi connectivity index (χ1) is 11.4. The summed E-state index contributed by atoms with van der Waals surface area (Å²) in [7, 11) is 0. The monoisotopic (exact) mass is 330 g/mol. The molecule has 4 rings (SSSR count). The van der Waals surface area contributed by atoms with Gasteiger partial charge >= 0.3 is 6.09 Å². The molecule has 3 aliphatic heterocycles. The molecule has 0 aliphatic carbocycles. The highest BCUT2D eigenvalue weighted by Gasteiger charge is 2.41. The lowest BCUT2D eigenvalue weighted by atomic mass is 9.95. The minimum Gasteiger partial charge on any atom is -0.487 e.